The number of benzene rings is 1. The highest BCUT2D eigenvalue weighted by Gasteiger charge is 2.37. The van der Waals surface area contributed by atoms with Crippen LogP contribution >= 0.6 is 0 Å². The van der Waals surface area contributed by atoms with Crippen LogP contribution in [-0.4, -0.2) is 46.9 Å². The molecule has 0 spiro atoms. The van der Waals surface area contributed by atoms with E-state index in [1.165, 1.54) is 19.1 Å². The summed E-state index contributed by atoms with van der Waals surface area (Å²) in [5.74, 6) is -2.32. The van der Waals surface area contributed by atoms with Crippen molar-refractivity contribution in [2.45, 2.75) is 112 Å². The van der Waals surface area contributed by atoms with Crippen LogP contribution in [0.1, 0.15) is 93.6 Å². The third-order valence-electron chi connectivity index (χ3n) is 5.57. The molecule has 0 aliphatic heterocycles. The minimum atomic E-state index is -1.83. The molecule has 0 amide bonds. The largest absolute Gasteiger partial charge is 0.508 e. The third kappa shape index (κ3) is 13.0. The van der Waals surface area contributed by atoms with Crippen molar-refractivity contribution in [3.05, 3.63) is 23.8 Å². The van der Waals surface area contributed by atoms with Crippen molar-refractivity contribution >= 4 is 24.1 Å². The van der Waals surface area contributed by atoms with Gasteiger partial charge in [0.1, 0.15) is 17.7 Å². The number of aliphatic carboxylic acids is 1. The van der Waals surface area contributed by atoms with E-state index in [1.54, 1.807) is 13.0 Å². The lowest BCUT2D eigenvalue weighted by Crippen LogP contribution is -2.52. The van der Waals surface area contributed by atoms with Crippen LogP contribution in [0.5, 0.6) is 11.5 Å². The third-order valence-corrected chi connectivity index (χ3v) is 5.57. The Labute approximate surface area is 231 Å². The molecule has 3 N–H and O–H groups in total. The van der Waals surface area contributed by atoms with Crippen molar-refractivity contribution in [1.29, 1.82) is 0 Å². The molecule has 2 unspecified atom stereocenters. The van der Waals surface area contributed by atoms with Crippen LogP contribution in [0.25, 0.3) is 0 Å². The Hall–Kier alpha value is -3.14. The van der Waals surface area contributed by atoms with Gasteiger partial charge in [0.05, 0.1) is 12.8 Å². The molecule has 0 saturated carbocycles. The molecule has 10 nitrogen and oxygen atoms in total. The van der Waals surface area contributed by atoms with Crippen molar-refractivity contribution < 1.29 is 43.2 Å². The first-order chi connectivity index (χ1) is 17.7. The summed E-state index contributed by atoms with van der Waals surface area (Å²) in [6.45, 7) is 16.4. The minimum absolute atomic E-state index is 0.0156. The van der Waals surface area contributed by atoms with Crippen LogP contribution < -0.4 is 15.2 Å². The summed E-state index contributed by atoms with van der Waals surface area (Å²) in [5, 5.41) is 9.93. The van der Waals surface area contributed by atoms with E-state index in [0.29, 0.717) is 12.0 Å². The van der Waals surface area contributed by atoms with Crippen LogP contribution in [0.2, 0.25) is 0 Å². The quantitative estimate of drug-likeness (QED) is 0.254. The molecule has 1 aromatic rings. The number of carbonyl (C=O) groups excluding carboxylic acids is 3. The lowest BCUT2D eigenvalue weighted by atomic mass is 9.86. The lowest BCUT2D eigenvalue weighted by Gasteiger charge is -2.28. The van der Waals surface area contributed by atoms with Crippen molar-refractivity contribution in [3.8, 4) is 11.5 Å². The van der Waals surface area contributed by atoms with Crippen LogP contribution in [0.3, 0.4) is 0 Å². The van der Waals surface area contributed by atoms with Crippen molar-refractivity contribution in [2.75, 3.05) is 0 Å². The van der Waals surface area contributed by atoms with Gasteiger partial charge in [-0.2, -0.15) is 0 Å². The molecule has 0 heterocycles. The smallest absolute Gasteiger partial charge is 0.480 e. The molecule has 220 valence electrons. The van der Waals surface area contributed by atoms with Gasteiger partial charge in [-0.05, 0) is 48.8 Å². The second kappa shape index (κ2) is 13.8. The Balaban J connectivity index is 3.22. The fourth-order valence-electron chi connectivity index (χ4n) is 3.60. The zero-order valence-corrected chi connectivity index (χ0v) is 24.7. The van der Waals surface area contributed by atoms with Gasteiger partial charge in [0, 0.05) is 12.8 Å². The monoisotopic (exact) mass is 551 g/mol. The van der Waals surface area contributed by atoms with E-state index in [2.05, 4.69) is 0 Å². The van der Waals surface area contributed by atoms with Crippen LogP contribution in [-0.2, 0) is 30.3 Å². The zero-order chi connectivity index (χ0) is 30.2. The van der Waals surface area contributed by atoms with E-state index in [9.17, 15) is 24.3 Å². The molecule has 0 aliphatic rings. The number of hydrogen-bond acceptors (Lipinski definition) is 9. The van der Waals surface area contributed by atoms with Gasteiger partial charge in [-0.25, -0.2) is 4.79 Å². The number of esters is 2. The molecule has 1 rings (SSSR count). The average molecular weight is 552 g/mol. The SMILES string of the molecule is CCC(C)OC(=O)O[C@@H](C)CC(N)(Cc1ccc(OC(=O)CC(C)(C)C)c(OC(=O)CC(C)(C)C)c1)C(=O)O. The van der Waals surface area contributed by atoms with Gasteiger partial charge in [-0.1, -0.05) is 54.5 Å². The molecule has 0 saturated heterocycles. The predicted molar refractivity (Wildman–Crippen MR) is 146 cm³/mol. The van der Waals surface area contributed by atoms with Crippen molar-refractivity contribution in [3.63, 3.8) is 0 Å². The zero-order valence-electron chi connectivity index (χ0n) is 24.7. The maximum absolute atomic E-state index is 12.6. The van der Waals surface area contributed by atoms with Crippen LogP contribution in [0.15, 0.2) is 18.2 Å². The first kappa shape index (κ1) is 33.9. The number of carboxylic acid groups (broad SMARTS) is 1. The highest BCUT2D eigenvalue weighted by molar-refractivity contribution is 5.80. The predicted octanol–water partition coefficient (Wildman–Crippen LogP) is 5.42. The first-order valence-electron chi connectivity index (χ1n) is 13.2. The highest BCUT2D eigenvalue weighted by Crippen LogP contribution is 2.33. The summed E-state index contributed by atoms with van der Waals surface area (Å²) in [4.78, 5) is 49.2. The number of nitrogens with two attached hydrogens (primary N) is 1. The Morgan fingerprint density at radius 3 is 1.79 bits per heavy atom. The van der Waals surface area contributed by atoms with Gasteiger partial charge < -0.3 is 29.8 Å². The van der Waals surface area contributed by atoms with E-state index in [4.69, 9.17) is 24.7 Å². The Bertz CT molecular complexity index is 1020. The number of hydrogen-bond donors (Lipinski definition) is 2. The minimum Gasteiger partial charge on any atom is -0.480 e. The molecule has 0 fully saturated rings. The molecule has 1 aromatic carbocycles. The molecule has 39 heavy (non-hydrogen) atoms. The van der Waals surface area contributed by atoms with E-state index in [1.807, 2.05) is 48.5 Å². The second-order valence-corrected chi connectivity index (χ2v) is 12.6. The Morgan fingerprint density at radius 1 is 0.846 bits per heavy atom. The van der Waals surface area contributed by atoms with E-state index in [0.717, 1.165) is 0 Å². The van der Waals surface area contributed by atoms with Gasteiger partial charge >= 0.3 is 24.1 Å². The van der Waals surface area contributed by atoms with Crippen molar-refractivity contribution in [1.82, 2.24) is 0 Å². The maximum Gasteiger partial charge on any atom is 0.508 e. The molecule has 0 aliphatic carbocycles. The second-order valence-electron chi connectivity index (χ2n) is 12.6. The summed E-state index contributed by atoms with van der Waals surface area (Å²) < 4.78 is 21.3. The summed E-state index contributed by atoms with van der Waals surface area (Å²) in [6.07, 6.45) is -1.67. The van der Waals surface area contributed by atoms with E-state index < -0.39 is 35.7 Å². The summed E-state index contributed by atoms with van der Waals surface area (Å²) >= 11 is 0. The molecule has 0 bridgehead atoms. The molecule has 3 atom stereocenters. The average Bonchev–Trinajstić information content (AvgIpc) is 2.72. The summed E-state index contributed by atoms with van der Waals surface area (Å²) in [7, 11) is 0. The van der Waals surface area contributed by atoms with Crippen molar-refractivity contribution in [2.24, 2.45) is 16.6 Å². The first-order valence-corrected chi connectivity index (χ1v) is 13.2. The molecule has 0 aromatic heterocycles. The van der Waals surface area contributed by atoms with Crippen LogP contribution in [0, 0.1) is 10.8 Å². The standard InChI is InChI=1S/C29H45NO9/c1-10-18(2)36-26(35)37-19(3)14-29(30,25(33)34)15-20-11-12-21(38-23(31)16-27(4,5)6)22(13-20)39-24(32)17-28(7,8)9/h11-13,18-19H,10,14-17,30H2,1-9H3,(H,33,34)/t18?,19-,29?/m0/s1. The highest BCUT2D eigenvalue weighted by atomic mass is 16.7. The number of carbonyl (C=O) groups is 4. The molecule has 10 heteroatoms. The van der Waals surface area contributed by atoms with Gasteiger partial charge in [-0.15, -0.1) is 0 Å². The number of rotatable bonds is 12. The Morgan fingerprint density at radius 2 is 1.33 bits per heavy atom. The normalized spacial score (nSPS) is 14.9. The van der Waals surface area contributed by atoms with E-state index in [-0.39, 0.29) is 54.1 Å². The number of ether oxygens (including phenoxy) is 4. The van der Waals surface area contributed by atoms with Gasteiger partial charge in [-0.3, -0.25) is 14.4 Å². The molecular weight excluding hydrogens is 506 g/mol. The van der Waals surface area contributed by atoms with Gasteiger partial charge in [0.25, 0.3) is 0 Å². The van der Waals surface area contributed by atoms with Gasteiger partial charge in [0.2, 0.25) is 0 Å². The molecule has 0 radical (unpaired) electrons. The maximum atomic E-state index is 12.6. The fourth-order valence-corrected chi connectivity index (χ4v) is 3.60. The summed E-state index contributed by atoms with van der Waals surface area (Å²) in [5.41, 5.74) is 4.20. The van der Waals surface area contributed by atoms with Gasteiger partial charge in [0.15, 0.2) is 11.5 Å². The molecular formula is C29H45NO9. The van der Waals surface area contributed by atoms with E-state index >= 15 is 0 Å². The fraction of sp³-hybridized carbons (Fsp3) is 0.655. The topological polar surface area (TPSA) is 151 Å². The van der Waals surface area contributed by atoms with Crippen LogP contribution in [0.4, 0.5) is 4.79 Å². The lowest BCUT2D eigenvalue weighted by molar-refractivity contribution is -0.145. The Kier molecular flexibility index (Phi) is 12.0. The summed E-state index contributed by atoms with van der Waals surface area (Å²) in [6, 6.07) is 4.43. The number of carboxylic acids is 1.